The van der Waals surface area contributed by atoms with E-state index < -0.39 is 36.8 Å². The fraction of sp³-hybridized carbons (Fsp3) is 0.556. The van der Waals surface area contributed by atoms with E-state index in [2.05, 4.69) is 4.98 Å². The standard InChI is InChI=1S/C9H13N3O5/c10-5-1-2-12(9(16)11-5)8-7(15)6(14)4(3-13)17-8/h1-2,4,6-8,13-15H,3H2,(H2,10,11,16)/t4-,6+,7-,8+/m1/s1. The number of aromatic nitrogens is 2. The molecule has 0 spiro atoms. The van der Waals surface area contributed by atoms with Crippen LogP contribution < -0.4 is 11.4 Å². The quantitative estimate of drug-likeness (QED) is 0.449. The lowest BCUT2D eigenvalue weighted by Crippen LogP contribution is -2.36. The lowest BCUT2D eigenvalue weighted by molar-refractivity contribution is -0.0549. The number of nitrogen functional groups attached to an aromatic ring is 1. The topological polar surface area (TPSA) is 131 Å². The monoisotopic (exact) mass is 243 g/mol. The van der Waals surface area contributed by atoms with Crippen molar-refractivity contribution in [1.29, 1.82) is 0 Å². The van der Waals surface area contributed by atoms with Crippen LogP contribution in [0.1, 0.15) is 6.23 Å². The lowest BCUT2D eigenvalue weighted by Gasteiger charge is -2.16. The van der Waals surface area contributed by atoms with Gasteiger partial charge >= 0.3 is 5.69 Å². The largest absolute Gasteiger partial charge is 0.394 e. The summed E-state index contributed by atoms with van der Waals surface area (Å²) in [4.78, 5) is 15.0. The molecule has 1 aromatic heterocycles. The minimum atomic E-state index is -1.31. The molecule has 0 aliphatic carbocycles. The fourth-order valence-electron chi connectivity index (χ4n) is 1.73. The molecule has 0 radical (unpaired) electrons. The van der Waals surface area contributed by atoms with E-state index in [1.54, 1.807) is 0 Å². The number of ether oxygens (including phenoxy) is 1. The molecule has 17 heavy (non-hydrogen) atoms. The third-order valence-electron chi connectivity index (χ3n) is 2.64. The number of rotatable bonds is 2. The van der Waals surface area contributed by atoms with Gasteiger partial charge in [0.1, 0.15) is 24.1 Å². The number of anilines is 1. The molecular formula is C9H13N3O5. The number of aliphatic hydroxyl groups is 3. The normalized spacial score (nSPS) is 32.9. The van der Waals surface area contributed by atoms with Gasteiger partial charge in [0.2, 0.25) is 0 Å². The zero-order valence-electron chi connectivity index (χ0n) is 8.80. The first kappa shape index (κ1) is 12.0. The minimum Gasteiger partial charge on any atom is -0.394 e. The summed E-state index contributed by atoms with van der Waals surface area (Å²) in [6.45, 7) is -0.453. The Balaban J connectivity index is 2.32. The Labute approximate surface area is 95.9 Å². The Kier molecular flexibility index (Phi) is 3.11. The molecular weight excluding hydrogens is 230 g/mol. The smallest absolute Gasteiger partial charge is 0.351 e. The van der Waals surface area contributed by atoms with Gasteiger partial charge in [-0.05, 0) is 6.07 Å². The zero-order chi connectivity index (χ0) is 12.6. The van der Waals surface area contributed by atoms with E-state index in [-0.39, 0.29) is 5.82 Å². The number of aliphatic hydroxyl groups excluding tert-OH is 3. The van der Waals surface area contributed by atoms with Crippen LogP contribution in [-0.4, -0.2) is 49.8 Å². The highest BCUT2D eigenvalue weighted by atomic mass is 16.6. The SMILES string of the molecule is Nc1ccn([C@H]2O[C@H](CO)[C@H](O)[C@H]2O)c(=O)n1. The van der Waals surface area contributed by atoms with Gasteiger partial charge in [0, 0.05) is 6.20 Å². The Hall–Kier alpha value is -1.48. The third kappa shape index (κ3) is 2.03. The summed E-state index contributed by atoms with van der Waals surface area (Å²) in [6, 6.07) is 1.37. The van der Waals surface area contributed by atoms with Crippen LogP contribution in [-0.2, 0) is 4.74 Å². The first-order valence-corrected chi connectivity index (χ1v) is 5.01. The van der Waals surface area contributed by atoms with E-state index in [9.17, 15) is 15.0 Å². The number of hydrogen-bond donors (Lipinski definition) is 4. The van der Waals surface area contributed by atoms with Crippen LogP contribution in [0.25, 0.3) is 0 Å². The molecule has 0 bridgehead atoms. The summed E-state index contributed by atoms with van der Waals surface area (Å²) < 4.78 is 6.19. The van der Waals surface area contributed by atoms with Gasteiger partial charge in [-0.1, -0.05) is 0 Å². The second-order valence-corrected chi connectivity index (χ2v) is 3.77. The average molecular weight is 243 g/mol. The number of hydrogen-bond acceptors (Lipinski definition) is 7. The molecule has 2 rings (SSSR count). The summed E-state index contributed by atoms with van der Waals surface area (Å²) in [5, 5.41) is 28.2. The van der Waals surface area contributed by atoms with Crippen molar-refractivity contribution >= 4 is 5.82 Å². The van der Waals surface area contributed by atoms with Gasteiger partial charge in [-0.15, -0.1) is 0 Å². The predicted octanol–water partition coefficient (Wildman–Crippen LogP) is -2.56. The van der Waals surface area contributed by atoms with E-state index in [1.807, 2.05) is 0 Å². The highest BCUT2D eigenvalue weighted by molar-refractivity contribution is 5.23. The summed E-state index contributed by atoms with van der Waals surface area (Å²) in [5.41, 5.74) is 4.63. The maximum absolute atomic E-state index is 11.5. The van der Waals surface area contributed by atoms with Crippen molar-refractivity contribution in [1.82, 2.24) is 9.55 Å². The summed E-state index contributed by atoms with van der Waals surface area (Å²) in [6.07, 6.45) is -3.27. The average Bonchev–Trinajstić information content (AvgIpc) is 2.57. The Morgan fingerprint density at radius 2 is 2.18 bits per heavy atom. The summed E-state index contributed by atoms with van der Waals surface area (Å²) in [5.74, 6) is 0.0537. The van der Waals surface area contributed by atoms with Gasteiger partial charge in [0.25, 0.3) is 0 Å². The molecule has 1 aliphatic rings. The maximum Gasteiger partial charge on any atom is 0.351 e. The van der Waals surface area contributed by atoms with Crippen LogP contribution in [0, 0.1) is 0 Å². The lowest BCUT2D eigenvalue weighted by atomic mass is 10.1. The highest BCUT2D eigenvalue weighted by Gasteiger charge is 2.43. The Bertz CT molecular complexity index is 462. The van der Waals surface area contributed by atoms with E-state index >= 15 is 0 Å². The van der Waals surface area contributed by atoms with E-state index in [0.717, 1.165) is 4.57 Å². The molecule has 0 aromatic carbocycles. The first-order chi connectivity index (χ1) is 8.04. The summed E-state index contributed by atoms with van der Waals surface area (Å²) in [7, 11) is 0. The second kappa shape index (κ2) is 4.41. The van der Waals surface area contributed by atoms with Crippen molar-refractivity contribution in [2.45, 2.75) is 24.5 Å². The van der Waals surface area contributed by atoms with Crippen molar-refractivity contribution in [2.75, 3.05) is 12.3 Å². The van der Waals surface area contributed by atoms with Crippen molar-refractivity contribution in [3.63, 3.8) is 0 Å². The maximum atomic E-state index is 11.5. The van der Waals surface area contributed by atoms with Crippen LogP contribution in [0.3, 0.4) is 0 Å². The van der Waals surface area contributed by atoms with Gasteiger partial charge in [-0.3, -0.25) is 4.57 Å². The highest BCUT2D eigenvalue weighted by Crippen LogP contribution is 2.27. The molecule has 1 aliphatic heterocycles. The first-order valence-electron chi connectivity index (χ1n) is 5.01. The van der Waals surface area contributed by atoms with Crippen LogP contribution >= 0.6 is 0 Å². The van der Waals surface area contributed by atoms with Gasteiger partial charge < -0.3 is 25.8 Å². The van der Waals surface area contributed by atoms with Crippen molar-refractivity contribution in [3.8, 4) is 0 Å². The molecule has 2 heterocycles. The van der Waals surface area contributed by atoms with E-state index in [1.165, 1.54) is 12.3 Å². The van der Waals surface area contributed by atoms with Gasteiger partial charge in [0.05, 0.1) is 6.61 Å². The predicted molar refractivity (Wildman–Crippen MR) is 55.9 cm³/mol. The number of nitrogens with zero attached hydrogens (tertiary/aromatic N) is 2. The molecule has 5 N–H and O–H groups in total. The molecule has 1 aromatic rings. The van der Waals surface area contributed by atoms with Crippen molar-refractivity contribution in [2.24, 2.45) is 0 Å². The molecule has 1 saturated heterocycles. The molecule has 0 saturated carbocycles. The van der Waals surface area contributed by atoms with Crippen LogP contribution in [0.2, 0.25) is 0 Å². The van der Waals surface area contributed by atoms with Crippen molar-refractivity contribution < 1.29 is 20.1 Å². The third-order valence-corrected chi connectivity index (χ3v) is 2.64. The molecule has 8 heteroatoms. The van der Waals surface area contributed by atoms with E-state index in [0.29, 0.717) is 0 Å². The molecule has 94 valence electrons. The van der Waals surface area contributed by atoms with Gasteiger partial charge in [-0.25, -0.2) is 4.79 Å². The molecule has 0 amide bonds. The van der Waals surface area contributed by atoms with Crippen molar-refractivity contribution in [3.05, 3.63) is 22.7 Å². The molecule has 0 unspecified atom stereocenters. The Morgan fingerprint density at radius 3 is 2.71 bits per heavy atom. The van der Waals surface area contributed by atoms with Gasteiger partial charge in [0.15, 0.2) is 6.23 Å². The zero-order valence-corrected chi connectivity index (χ0v) is 8.80. The van der Waals surface area contributed by atoms with Gasteiger partial charge in [-0.2, -0.15) is 4.98 Å². The van der Waals surface area contributed by atoms with Crippen LogP contribution in [0.5, 0.6) is 0 Å². The minimum absolute atomic E-state index is 0.0537. The molecule has 1 fully saturated rings. The van der Waals surface area contributed by atoms with E-state index in [4.69, 9.17) is 15.6 Å². The summed E-state index contributed by atoms with van der Waals surface area (Å²) >= 11 is 0. The molecule has 8 nitrogen and oxygen atoms in total. The fourth-order valence-corrected chi connectivity index (χ4v) is 1.73. The van der Waals surface area contributed by atoms with Crippen LogP contribution in [0.4, 0.5) is 5.82 Å². The Morgan fingerprint density at radius 1 is 1.47 bits per heavy atom. The second-order valence-electron chi connectivity index (χ2n) is 3.77. The molecule has 4 atom stereocenters. The van der Waals surface area contributed by atoms with Crippen LogP contribution in [0.15, 0.2) is 17.1 Å². The number of nitrogens with two attached hydrogens (primary N) is 1.